The summed E-state index contributed by atoms with van der Waals surface area (Å²) in [7, 11) is 1.74. The van der Waals surface area contributed by atoms with Gasteiger partial charge in [0, 0.05) is 45.9 Å². The molecule has 2 heterocycles. The number of hydrogen-bond acceptors (Lipinski definition) is 4. The first-order chi connectivity index (χ1) is 12.8. The van der Waals surface area contributed by atoms with Gasteiger partial charge in [0.05, 0.1) is 26.4 Å². The van der Waals surface area contributed by atoms with Gasteiger partial charge in [-0.2, -0.15) is 0 Å². The van der Waals surface area contributed by atoms with Gasteiger partial charge < -0.3 is 19.7 Å². The summed E-state index contributed by atoms with van der Waals surface area (Å²) in [5.74, 6) is 1.02. The van der Waals surface area contributed by atoms with Crippen LogP contribution in [-0.4, -0.2) is 74.8 Å². The quantitative estimate of drug-likeness (QED) is 0.618. The van der Waals surface area contributed by atoms with Crippen molar-refractivity contribution in [3.63, 3.8) is 0 Å². The van der Waals surface area contributed by atoms with E-state index in [0.29, 0.717) is 19.2 Å². The molecule has 6 nitrogen and oxygen atoms in total. The van der Waals surface area contributed by atoms with E-state index >= 15 is 0 Å². The maximum absolute atomic E-state index is 5.49. The summed E-state index contributed by atoms with van der Waals surface area (Å²) in [6.07, 6.45) is 1.20. The number of hydrogen-bond donors (Lipinski definition) is 1. The summed E-state index contributed by atoms with van der Waals surface area (Å²) in [6.45, 7) is 10.3. The SMILES string of the molecule is CCNC(=NCc1ccccc1COC)N1CCC(N2CCOCC2)C1. The van der Waals surface area contributed by atoms with E-state index in [9.17, 15) is 0 Å². The molecule has 1 aromatic rings. The topological polar surface area (TPSA) is 49.3 Å². The summed E-state index contributed by atoms with van der Waals surface area (Å²) in [5, 5.41) is 3.47. The van der Waals surface area contributed by atoms with Crippen molar-refractivity contribution in [1.29, 1.82) is 0 Å². The fraction of sp³-hybridized carbons (Fsp3) is 0.650. The van der Waals surface area contributed by atoms with E-state index in [4.69, 9.17) is 14.5 Å². The van der Waals surface area contributed by atoms with Crippen LogP contribution >= 0.6 is 0 Å². The highest BCUT2D eigenvalue weighted by Gasteiger charge is 2.30. The molecule has 0 amide bonds. The van der Waals surface area contributed by atoms with Crippen molar-refractivity contribution in [2.45, 2.75) is 32.5 Å². The third-order valence-electron chi connectivity index (χ3n) is 5.18. The molecule has 0 radical (unpaired) electrons. The molecule has 144 valence electrons. The number of aliphatic imine (C=N–C) groups is 1. The minimum atomic E-state index is 0.614. The largest absolute Gasteiger partial charge is 0.380 e. The minimum absolute atomic E-state index is 0.614. The zero-order chi connectivity index (χ0) is 18.2. The molecule has 2 aliphatic heterocycles. The number of likely N-dealkylation sites (tertiary alicyclic amines) is 1. The third-order valence-corrected chi connectivity index (χ3v) is 5.18. The molecule has 2 fully saturated rings. The second-order valence-corrected chi connectivity index (χ2v) is 6.91. The van der Waals surface area contributed by atoms with Crippen molar-refractivity contribution >= 4 is 5.96 Å². The van der Waals surface area contributed by atoms with Crippen LogP contribution in [0.5, 0.6) is 0 Å². The molecule has 1 N–H and O–H groups in total. The van der Waals surface area contributed by atoms with Crippen molar-refractivity contribution < 1.29 is 9.47 Å². The van der Waals surface area contributed by atoms with Crippen LogP contribution in [0.25, 0.3) is 0 Å². The molecule has 0 saturated carbocycles. The van der Waals surface area contributed by atoms with Gasteiger partial charge in [-0.15, -0.1) is 0 Å². The summed E-state index contributed by atoms with van der Waals surface area (Å²) in [4.78, 5) is 9.90. The monoisotopic (exact) mass is 360 g/mol. The number of nitrogens with one attached hydrogen (secondary N) is 1. The Labute approximate surface area is 157 Å². The average Bonchev–Trinajstić information content (AvgIpc) is 3.17. The number of morpholine rings is 1. The molecule has 1 aromatic carbocycles. The van der Waals surface area contributed by atoms with Crippen LogP contribution in [0.2, 0.25) is 0 Å². The van der Waals surface area contributed by atoms with Crippen molar-refractivity contribution in [3.8, 4) is 0 Å². The van der Waals surface area contributed by atoms with Crippen LogP contribution in [-0.2, 0) is 22.6 Å². The summed E-state index contributed by atoms with van der Waals surface area (Å²) < 4.78 is 10.8. The number of ether oxygens (including phenoxy) is 2. The zero-order valence-electron chi connectivity index (χ0n) is 16.1. The number of benzene rings is 1. The molecular formula is C20H32N4O2. The Bertz CT molecular complexity index is 587. The molecule has 3 rings (SSSR count). The van der Waals surface area contributed by atoms with Gasteiger partial charge in [-0.1, -0.05) is 24.3 Å². The lowest BCUT2D eigenvalue weighted by Crippen LogP contribution is -2.46. The molecule has 2 aliphatic rings. The van der Waals surface area contributed by atoms with Crippen LogP contribution in [0, 0.1) is 0 Å². The highest BCUT2D eigenvalue weighted by molar-refractivity contribution is 5.80. The van der Waals surface area contributed by atoms with Crippen LogP contribution in [0.1, 0.15) is 24.5 Å². The number of methoxy groups -OCH3 is 1. The first kappa shape index (κ1) is 19.1. The minimum Gasteiger partial charge on any atom is -0.380 e. The van der Waals surface area contributed by atoms with Crippen molar-refractivity contribution in [3.05, 3.63) is 35.4 Å². The number of rotatable bonds is 6. The Morgan fingerprint density at radius 2 is 2.00 bits per heavy atom. The zero-order valence-corrected chi connectivity index (χ0v) is 16.1. The standard InChI is InChI=1S/C20H32N4O2/c1-3-21-20(22-14-17-6-4-5-7-18(17)16-25-2)24-9-8-19(15-24)23-10-12-26-13-11-23/h4-7,19H,3,8-16H2,1-2H3,(H,21,22). The third kappa shape index (κ3) is 4.96. The first-order valence-corrected chi connectivity index (χ1v) is 9.72. The van der Waals surface area contributed by atoms with Gasteiger partial charge in [0.1, 0.15) is 0 Å². The van der Waals surface area contributed by atoms with E-state index in [1.54, 1.807) is 7.11 Å². The van der Waals surface area contributed by atoms with E-state index in [1.165, 1.54) is 17.5 Å². The summed E-state index contributed by atoms with van der Waals surface area (Å²) in [5.41, 5.74) is 2.44. The maximum atomic E-state index is 5.49. The second kappa shape index (κ2) is 9.90. The molecule has 0 spiro atoms. The van der Waals surface area contributed by atoms with Gasteiger partial charge in [0.15, 0.2) is 5.96 Å². The van der Waals surface area contributed by atoms with E-state index in [-0.39, 0.29) is 0 Å². The van der Waals surface area contributed by atoms with Gasteiger partial charge in [0.2, 0.25) is 0 Å². The predicted molar refractivity (Wildman–Crippen MR) is 104 cm³/mol. The first-order valence-electron chi connectivity index (χ1n) is 9.72. The molecule has 26 heavy (non-hydrogen) atoms. The van der Waals surface area contributed by atoms with Gasteiger partial charge in [0.25, 0.3) is 0 Å². The van der Waals surface area contributed by atoms with E-state index in [0.717, 1.165) is 51.9 Å². The summed E-state index contributed by atoms with van der Waals surface area (Å²) in [6, 6.07) is 9.00. The average molecular weight is 361 g/mol. The lowest BCUT2D eigenvalue weighted by molar-refractivity contribution is 0.0195. The predicted octanol–water partition coefficient (Wildman–Crippen LogP) is 1.71. The van der Waals surface area contributed by atoms with Crippen LogP contribution in [0.15, 0.2) is 29.3 Å². The maximum Gasteiger partial charge on any atom is 0.194 e. The van der Waals surface area contributed by atoms with Gasteiger partial charge in [-0.05, 0) is 24.5 Å². The van der Waals surface area contributed by atoms with Crippen LogP contribution in [0.4, 0.5) is 0 Å². The highest BCUT2D eigenvalue weighted by Crippen LogP contribution is 2.18. The number of guanidine groups is 1. The lowest BCUT2D eigenvalue weighted by Gasteiger charge is -2.32. The Balaban J connectivity index is 1.64. The Morgan fingerprint density at radius 3 is 2.73 bits per heavy atom. The van der Waals surface area contributed by atoms with E-state index in [2.05, 4.69) is 46.3 Å². The van der Waals surface area contributed by atoms with Crippen LogP contribution < -0.4 is 5.32 Å². The fourth-order valence-electron chi connectivity index (χ4n) is 3.77. The second-order valence-electron chi connectivity index (χ2n) is 6.91. The molecule has 6 heteroatoms. The van der Waals surface area contributed by atoms with Crippen molar-refractivity contribution in [2.75, 3.05) is 53.0 Å². The lowest BCUT2D eigenvalue weighted by atomic mass is 10.1. The molecular weight excluding hydrogens is 328 g/mol. The summed E-state index contributed by atoms with van der Waals surface area (Å²) >= 11 is 0. The molecule has 0 bridgehead atoms. The van der Waals surface area contributed by atoms with Crippen molar-refractivity contribution in [2.24, 2.45) is 4.99 Å². The molecule has 2 saturated heterocycles. The Morgan fingerprint density at radius 1 is 1.23 bits per heavy atom. The Kier molecular flexibility index (Phi) is 7.29. The van der Waals surface area contributed by atoms with Gasteiger partial charge in [-0.3, -0.25) is 4.90 Å². The molecule has 0 aliphatic carbocycles. The van der Waals surface area contributed by atoms with Crippen LogP contribution in [0.3, 0.4) is 0 Å². The van der Waals surface area contributed by atoms with Crippen molar-refractivity contribution in [1.82, 2.24) is 15.1 Å². The van der Waals surface area contributed by atoms with Gasteiger partial charge in [-0.25, -0.2) is 4.99 Å². The van der Waals surface area contributed by atoms with E-state index in [1.807, 2.05) is 0 Å². The normalized spacial score (nSPS) is 22.0. The smallest absolute Gasteiger partial charge is 0.194 e. The number of nitrogens with zero attached hydrogens (tertiary/aromatic N) is 3. The molecule has 1 atom stereocenters. The fourth-order valence-corrected chi connectivity index (χ4v) is 3.77. The van der Waals surface area contributed by atoms with E-state index < -0.39 is 0 Å². The Hall–Kier alpha value is -1.63. The molecule has 1 unspecified atom stereocenters. The molecule has 0 aromatic heterocycles. The van der Waals surface area contributed by atoms with Gasteiger partial charge >= 0.3 is 0 Å². The highest BCUT2D eigenvalue weighted by atomic mass is 16.5.